The Morgan fingerprint density at radius 1 is 1.15 bits per heavy atom. The summed E-state index contributed by atoms with van der Waals surface area (Å²) in [5.74, 6) is 3.58. The highest BCUT2D eigenvalue weighted by Gasteiger charge is 2.21. The first-order chi connectivity index (χ1) is 12.8. The van der Waals surface area contributed by atoms with Crippen LogP contribution in [-0.2, 0) is 4.79 Å². The zero-order chi connectivity index (χ0) is 19.6. The average Bonchev–Trinajstić information content (AvgIpc) is 2.98. The molecule has 0 saturated heterocycles. The van der Waals surface area contributed by atoms with Gasteiger partial charge in [-0.15, -0.1) is 10.2 Å². The molecule has 0 aliphatic rings. The number of amides is 1. The largest absolute Gasteiger partial charge is 0.335 e. The smallest absolute Gasteiger partial charge is 0.237 e. The Morgan fingerprint density at radius 2 is 1.89 bits per heavy atom. The summed E-state index contributed by atoms with van der Waals surface area (Å²) >= 11 is 0.988. The lowest BCUT2D eigenvalue weighted by molar-refractivity contribution is -0.115. The lowest BCUT2D eigenvalue weighted by atomic mass is 10.2. The summed E-state index contributed by atoms with van der Waals surface area (Å²) in [5.41, 5.74) is 0.297. The van der Waals surface area contributed by atoms with Crippen molar-refractivity contribution in [3.05, 3.63) is 59.9 Å². The van der Waals surface area contributed by atoms with Gasteiger partial charge in [-0.3, -0.25) is 4.79 Å². The molecule has 6 nitrogen and oxygen atoms in total. The number of nitrogens with zero attached hydrogens (tertiary/aromatic N) is 3. The number of carbonyl (C=O) groups is 1. The normalized spacial score (nSPS) is 12.0. The number of thioether (sulfide) groups is 1. The Kier molecular flexibility index (Phi) is 5.36. The zero-order valence-corrected chi connectivity index (χ0v) is 14.8. The number of anilines is 1. The molecule has 1 heterocycles. The maximum absolute atomic E-state index is 13.7. The average molecular weight is 393 g/mol. The molecule has 0 unspecified atom stereocenters. The van der Waals surface area contributed by atoms with Gasteiger partial charge in [-0.05, 0) is 31.2 Å². The summed E-state index contributed by atoms with van der Waals surface area (Å²) in [5, 5.41) is 9.70. The van der Waals surface area contributed by atoms with Crippen LogP contribution in [0.3, 0.4) is 0 Å². The van der Waals surface area contributed by atoms with Crippen molar-refractivity contribution in [1.29, 1.82) is 0 Å². The summed E-state index contributed by atoms with van der Waals surface area (Å²) in [6.07, 6.45) is 0. The highest BCUT2D eigenvalue weighted by atomic mass is 32.2. The molecule has 10 heteroatoms. The summed E-state index contributed by atoms with van der Waals surface area (Å²) in [6, 6.07) is 8.53. The molecule has 3 rings (SSSR count). The van der Waals surface area contributed by atoms with Crippen molar-refractivity contribution >= 4 is 23.4 Å². The van der Waals surface area contributed by atoms with E-state index in [1.807, 2.05) is 0 Å². The van der Waals surface area contributed by atoms with Crippen LogP contribution >= 0.6 is 11.8 Å². The van der Waals surface area contributed by atoms with Crippen molar-refractivity contribution in [3.8, 4) is 11.4 Å². The Balaban J connectivity index is 1.72. The summed E-state index contributed by atoms with van der Waals surface area (Å²) in [7, 11) is 0. The Bertz CT molecular complexity index is 994. The zero-order valence-electron chi connectivity index (χ0n) is 14.0. The first kappa shape index (κ1) is 18.8. The number of nitrogen functional groups attached to an aromatic ring is 1. The second-order valence-corrected chi connectivity index (χ2v) is 6.87. The number of halogens is 3. The molecule has 2 aromatic carbocycles. The van der Waals surface area contributed by atoms with Crippen LogP contribution in [0.25, 0.3) is 11.4 Å². The Morgan fingerprint density at radius 3 is 2.59 bits per heavy atom. The maximum atomic E-state index is 13.7. The van der Waals surface area contributed by atoms with E-state index < -0.39 is 28.6 Å². The van der Waals surface area contributed by atoms with E-state index >= 15 is 0 Å². The summed E-state index contributed by atoms with van der Waals surface area (Å²) < 4.78 is 41.1. The van der Waals surface area contributed by atoms with Gasteiger partial charge in [0.05, 0.1) is 10.9 Å². The fourth-order valence-electron chi connectivity index (χ4n) is 2.22. The number of hydrogen-bond donors (Lipinski definition) is 2. The highest BCUT2D eigenvalue weighted by molar-refractivity contribution is 8.00. The van der Waals surface area contributed by atoms with Crippen LogP contribution < -0.4 is 11.2 Å². The molecule has 0 fully saturated rings. The van der Waals surface area contributed by atoms with E-state index in [2.05, 4.69) is 15.5 Å². The summed E-state index contributed by atoms with van der Waals surface area (Å²) in [4.78, 5) is 12.2. The fraction of sp³-hybridized carbons (Fsp3) is 0.118. The van der Waals surface area contributed by atoms with Crippen LogP contribution in [0, 0.1) is 17.5 Å². The topological polar surface area (TPSA) is 85.8 Å². The molecule has 140 valence electrons. The molecule has 1 amide bonds. The van der Waals surface area contributed by atoms with E-state index in [9.17, 15) is 18.0 Å². The molecule has 1 aromatic heterocycles. The monoisotopic (exact) mass is 393 g/mol. The Labute approximate surface area is 156 Å². The van der Waals surface area contributed by atoms with Gasteiger partial charge in [-0.1, -0.05) is 23.9 Å². The number of nitrogens with one attached hydrogen (secondary N) is 1. The second kappa shape index (κ2) is 7.70. The molecule has 0 saturated carbocycles. The third kappa shape index (κ3) is 4.22. The van der Waals surface area contributed by atoms with E-state index in [0.717, 1.165) is 28.6 Å². The minimum atomic E-state index is -0.879. The van der Waals surface area contributed by atoms with Crippen molar-refractivity contribution < 1.29 is 18.0 Å². The number of hydrogen-bond acceptors (Lipinski definition) is 5. The predicted octanol–water partition coefficient (Wildman–Crippen LogP) is 3.20. The van der Waals surface area contributed by atoms with Gasteiger partial charge in [-0.2, -0.15) is 0 Å². The first-order valence-electron chi connectivity index (χ1n) is 7.74. The van der Waals surface area contributed by atoms with Crippen molar-refractivity contribution in [2.75, 3.05) is 11.2 Å². The van der Waals surface area contributed by atoms with E-state index in [4.69, 9.17) is 5.84 Å². The molecular formula is C17H14F3N5OS. The van der Waals surface area contributed by atoms with E-state index in [-0.39, 0.29) is 16.7 Å². The van der Waals surface area contributed by atoms with Crippen LogP contribution in [0.2, 0.25) is 0 Å². The van der Waals surface area contributed by atoms with E-state index in [1.54, 1.807) is 13.0 Å². The van der Waals surface area contributed by atoms with Gasteiger partial charge in [0.25, 0.3) is 0 Å². The number of rotatable bonds is 5. The van der Waals surface area contributed by atoms with Crippen LogP contribution in [0.5, 0.6) is 0 Å². The second-order valence-electron chi connectivity index (χ2n) is 5.56. The van der Waals surface area contributed by atoms with Gasteiger partial charge in [-0.25, -0.2) is 17.8 Å². The SMILES string of the molecule is C[C@@H](Sc1nnc(-c2cccc(F)c2)n1N)C(=O)Nc1ccc(F)cc1F. The number of carbonyl (C=O) groups excluding carboxylic acids is 1. The Hall–Kier alpha value is -3.01. The van der Waals surface area contributed by atoms with Crippen LogP contribution in [0.15, 0.2) is 47.6 Å². The van der Waals surface area contributed by atoms with Crippen molar-refractivity contribution in [1.82, 2.24) is 14.9 Å². The van der Waals surface area contributed by atoms with Crippen molar-refractivity contribution in [2.45, 2.75) is 17.3 Å². The van der Waals surface area contributed by atoms with Gasteiger partial charge < -0.3 is 11.2 Å². The predicted molar refractivity (Wildman–Crippen MR) is 95.9 cm³/mol. The molecule has 0 aliphatic heterocycles. The summed E-state index contributed by atoms with van der Waals surface area (Å²) in [6.45, 7) is 1.57. The van der Waals surface area contributed by atoms with Crippen LogP contribution in [0.1, 0.15) is 6.92 Å². The quantitative estimate of drug-likeness (QED) is 0.514. The number of benzene rings is 2. The van der Waals surface area contributed by atoms with Gasteiger partial charge >= 0.3 is 0 Å². The van der Waals surface area contributed by atoms with Gasteiger partial charge in [0.15, 0.2) is 5.82 Å². The molecule has 0 spiro atoms. The van der Waals surface area contributed by atoms with Gasteiger partial charge in [0.1, 0.15) is 17.5 Å². The highest BCUT2D eigenvalue weighted by Crippen LogP contribution is 2.26. The standard InChI is InChI=1S/C17H14F3N5OS/c1-9(16(26)22-14-6-5-12(19)8-13(14)20)27-17-24-23-15(25(17)21)10-3-2-4-11(18)7-10/h2-9H,21H2,1H3,(H,22,26)/t9-/m1/s1. The molecule has 1 atom stereocenters. The molecule has 0 aliphatic carbocycles. The van der Waals surface area contributed by atoms with Crippen LogP contribution in [0.4, 0.5) is 18.9 Å². The van der Waals surface area contributed by atoms with Crippen molar-refractivity contribution in [3.63, 3.8) is 0 Å². The third-order valence-corrected chi connectivity index (χ3v) is 4.64. The first-order valence-corrected chi connectivity index (χ1v) is 8.62. The van der Waals surface area contributed by atoms with Gasteiger partial charge in [0.2, 0.25) is 11.1 Å². The number of aromatic nitrogens is 3. The number of nitrogens with two attached hydrogens (primary N) is 1. The van der Waals surface area contributed by atoms with Crippen LogP contribution in [-0.4, -0.2) is 26.0 Å². The lowest BCUT2D eigenvalue weighted by Gasteiger charge is -2.12. The van der Waals surface area contributed by atoms with E-state index in [1.165, 1.54) is 18.2 Å². The maximum Gasteiger partial charge on any atom is 0.237 e. The molecular weight excluding hydrogens is 379 g/mol. The third-order valence-electron chi connectivity index (χ3n) is 3.59. The van der Waals surface area contributed by atoms with Crippen molar-refractivity contribution in [2.24, 2.45) is 0 Å². The molecule has 3 N–H and O–H groups in total. The minimum absolute atomic E-state index is 0.136. The molecule has 27 heavy (non-hydrogen) atoms. The van der Waals surface area contributed by atoms with Gasteiger partial charge in [0, 0.05) is 11.6 Å². The minimum Gasteiger partial charge on any atom is -0.335 e. The fourth-order valence-corrected chi connectivity index (χ4v) is 2.99. The molecule has 0 bridgehead atoms. The van der Waals surface area contributed by atoms with E-state index in [0.29, 0.717) is 11.6 Å². The molecule has 0 radical (unpaired) electrons. The lowest BCUT2D eigenvalue weighted by Crippen LogP contribution is -2.24. The molecule has 3 aromatic rings.